The molecule has 0 aromatic heterocycles. The average molecular weight is 296 g/mol. The Balaban J connectivity index is 2.60. The van der Waals surface area contributed by atoms with Gasteiger partial charge in [0.25, 0.3) is 0 Å². The number of hydrogen-bond donors (Lipinski definition) is 2. The summed E-state index contributed by atoms with van der Waals surface area (Å²) in [5.74, 6) is -0.654. The van der Waals surface area contributed by atoms with Crippen molar-refractivity contribution in [1.29, 1.82) is 0 Å². The van der Waals surface area contributed by atoms with Crippen molar-refractivity contribution >= 4 is 21.6 Å². The Hall–Kier alpha value is -0.690. The van der Waals surface area contributed by atoms with Crippen LogP contribution in [0.2, 0.25) is 5.02 Å². The number of halogens is 2. The fourth-order valence-corrected chi connectivity index (χ4v) is 2.69. The molecule has 0 atom stereocenters. The molecule has 0 bridgehead atoms. The molecule has 7 heteroatoms. The standard InChI is InChI=1S/C11H15ClFNO3S/c12-10-8-9(4-5-11(10)13)18(16,17)14-6-2-1-3-7-15/h4-5,8,14-15H,1-3,6-7H2. The van der Waals surface area contributed by atoms with Crippen LogP contribution in [0.1, 0.15) is 19.3 Å². The molecule has 0 aliphatic rings. The van der Waals surface area contributed by atoms with Gasteiger partial charge in [-0.3, -0.25) is 0 Å². The van der Waals surface area contributed by atoms with Gasteiger partial charge < -0.3 is 5.11 Å². The van der Waals surface area contributed by atoms with Crippen LogP contribution in [0.4, 0.5) is 4.39 Å². The molecule has 1 aromatic carbocycles. The highest BCUT2D eigenvalue weighted by Crippen LogP contribution is 2.19. The van der Waals surface area contributed by atoms with Crippen molar-refractivity contribution in [1.82, 2.24) is 4.72 Å². The van der Waals surface area contributed by atoms with Crippen molar-refractivity contribution in [2.45, 2.75) is 24.2 Å². The molecule has 0 aliphatic carbocycles. The van der Waals surface area contributed by atoms with Crippen LogP contribution in [0.3, 0.4) is 0 Å². The van der Waals surface area contributed by atoms with E-state index < -0.39 is 15.8 Å². The number of hydrogen-bond acceptors (Lipinski definition) is 3. The summed E-state index contributed by atoms with van der Waals surface area (Å²) < 4.78 is 38.9. The third-order valence-corrected chi connectivity index (χ3v) is 4.08. The van der Waals surface area contributed by atoms with Gasteiger partial charge in [-0.2, -0.15) is 0 Å². The van der Waals surface area contributed by atoms with Crippen LogP contribution in [0, 0.1) is 5.82 Å². The smallest absolute Gasteiger partial charge is 0.240 e. The topological polar surface area (TPSA) is 66.4 Å². The van der Waals surface area contributed by atoms with E-state index in [2.05, 4.69) is 4.72 Å². The summed E-state index contributed by atoms with van der Waals surface area (Å²) in [5, 5.41) is 8.35. The van der Waals surface area contributed by atoms with Gasteiger partial charge in [-0.05, 0) is 37.5 Å². The Morgan fingerprint density at radius 3 is 2.61 bits per heavy atom. The Bertz CT molecular complexity index is 493. The minimum absolute atomic E-state index is 0.0592. The summed E-state index contributed by atoms with van der Waals surface area (Å²) in [4.78, 5) is -0.0592. The fraction of sp³-hybridized carbons (Fsp3) is 0.455. The number of rotatable bonds is 7. The Morgan fingerprint density at radius 1 is 1.28 bits per heavy atom. The number of unbranched alkanes of at least 4 members (excludes halogenated alkanes) is 2. The lowest BCUT2D eigenvalue weighted by Gasteiger charge is -2.07. The van der Waals surface area contributed by atoms with E-state index in [4.69, 9.17) is 16.7 Å². The van der Waals surface area contributed by atoms with E-state index in [9.17, 15) is 12.8 Å². The highest BCUT2D eigenvalue weighted by atomic mass is 35.5. The van der Waals surface area contributed by atoms with E-state index in [1.54, 1.807) is 0 Å². The lowest BCUT2D eigenvalue weighted by molar-refractivity contribution is 0.283. The van der Waals surface area contributed by atoms with Crippen LogP contribution in [-0.2, 0) is 10.0 Å². The fourth-order valence-electron chi connectivity index (χ4n) is 1.35. The number of nitrogens with one attached hydrogen (secondary N) is 1. The summed E-state index contributed by atoms with van der Waals surface area (Å²) in [6.45, 7) is 0.373. The van der Waals surface area contributed by atoms with Gasteiger partial charge in [0.1, 0.15) is 5.82 Å². The third-order valence-electron chi connectivity index (χ3n) is 2.33. The maximum atomic E-state index is 12.9. The van der Waals surface area contributed by atoms with Gasteiger partial charge in [0.2, 0.25) is 10.0 Å². The zero-order valence-electron chi connectivity index (χ0n) is 9.70. The van der Waals surface area contributed by atoms with Crippen molar-refractivity contribution in [3.63, 3.8) is 0 Å². The molecule has 102 valence electrons. The Kier molecular flexibility index (Phi) is 6.01. The van der Waals surface area contributed by atoms with Crippen LogP contribution >= 0.6 is 11.6 Å². The van der Waals surface area contributed by atoms with Crippen LogP contribution in [0.25, 0.3) is 0 Å². The number of sulfonamides is 1. The normalized spacial score (nSPS) is 11.7. The van der Waals surface area contributed by atoms with Gasteiger partial charge >= 0.3 is 0 Å². The number of aliphatic hydroxyl groups is 1. The SMILES string of the molecule is O=S(=O)(NCCCCCO)c1ccc(F)c(Cl)c1. The zero-order chi connectivity index (χ0) is 13.6. The maximum Gasteiger partial charge on any atom is 0.240 e. The summed E-state index contributed by atoms with van der Waals surface area (Å²) in [5.41, 5.74) is 0. The second-order valence-corrected chi connectivity index (χ2v) is 5.93. The quantitative estimate of drug-likeness (QED) is 0.755. The van der Waals surface area contributed by atoms with Gasteiger partial charge in [-0.15, -0.1) is 0 Å². The van der Waals surface area contributed by atoms with Gasteiger partial charge in [0.15, 0.2) is 0 Å². The van der Waals surface area contributed by atoms with Crippen LogP contribution < -0.4 is 4.72 Å². The van der Waals surface area contributed by atoms with E-state index in [0.29, 0.717) is 12.8 Å². The molecule has 0 unspecified atom stereocenters. The van der Waals surface area contributed by atoms with Crippen LogP contribution in [0.5, 0.6) is 0 Å². The lowest BCUT2D eigenvalue weighted by Crippen LogP contribution is -2.24. The molecule has 1 aromatic rings. The lowest BCUT2D eigenvalue weighted by atomic mass is 10.2. The molecule has 18 heavy (non-hydrogen) atoms. The molecule has 1 rings (SSSR count). The predicted octanol–water partition coefficient (Wildman–Crippen LogP) is 1.92. The maximum absolute atomic E-state index is 12.9. The van der Waals surface area contributed by atoms with E-state index >= 15 is 0 Å². The summed E-state index contributed by atoms with van der Waals surface area (Å²) in [7, 11) is -3.65. The van der Waals surface area contributed by atoms with E-state index in [1.165, 1.54) is 0 Å². The molecule has 0 saturated heterocycles. The monoisotopic (exact) mass is 295 g/mol. The van der Waals surface area contributed by atoms with Crippen molar-refractivity contribution in [3.05, 3.63) is 29.0 Å². The van der Waals surface area contributed by atoms with E-state index in [1.807, 2.05) is 0 Å². The van der Waals surface area contributed by atoms with E-state index in [-0.39, 0.29) is 23.1 Å². The first kappa shape index (κ1) is 15.4. The number of benzene rings is 1. The van der Waals surface area contributed by atoms with Gasteiger partial charge in [0, 0.05) is 13.2 Å². The molecule has 0 radical (unpaired) electrons. The van der Waals surface area contributed by atoms with Crippen molar-refractivity contribution in [2.24, 2.45) is 0 Å². The molecule has 4 nitrogen and oxygen atoms in total. The largest absolute Gasteiger partial charge is 0.396 e. The first-order valence-electron chi connectivity index (χ1n) is 5.53. The van der Waals surface area contributed by atoms with Crippen molar-refractivity contribution < 1.29 is 17.9 Å². The molecular weight excluding hydrogens is 281 g/mol. The van der Waals surface area contributed by atoms with Gasteiger partial charge in [-0.25, -0.2) is 17.5 Å². The highest BCUT2D eigenvalue weighted by Gasteiger charge is 2.14. The third kappa shape index (κ3) is 4.53. The first-order chi connectivity index (χ1) is 8.47. The summed E-state index contributed by atoms with van der Waals surface area (Å²) in [6.07, 6.45) is 2.02. The molecular formula is C11H15ClFNO3S. The molecule has 0 saturated carbocycles. The van der Waals surface area contributed by atoms with Crippen LogP contribution in [-0.4, -0.2) is 26.7 Å². The molecule has 0 heterocycles. The zero-order valence-corrected chi connectivity index (χ0v) is 11.3. The van der Waals surface area contributed by atoms with Crippen LogP contribution in [0.15, 0.2) is 23.1 Å². The minimum atomic E-state index is -3.65. The second kappa shape index (κ2) is 7.04. The average Bonchev–Trinajstić information content (AvgIpc) is 2.32. The summed E-state index contributed by atoms with van der Waals surface area (Å²) >= 11 is 5.53. The first-order valence-corrected chi connectivity index (χ1v) is 7.39. The van der Waals surface area contributed by atoms with Crippen molar-refractivity contribution in [3.8, 4) is 0 Å². The highest BCUT2D eigenvalue weighted by molar-refractivity contribution is 7.89. The summed E-state index contributed by atoms with van der Waals surface area (Å²) in [6, 6.07) is 3.26. The second-order valence-electron chi connectivity index (χ2n) is 3.76. The predicted molar refractivity (Wildman–Crippen MR) is 67.5 cm³/mol. The Morgan fingerprint density at radius 2 is 2.00 bits per heavy atom. The van der Waals surface area contributed by atoms with Crippen molar-refractivity contribution in [2.75, 3.05) is 13.2 Å². The molecule has 0 fully saturated rings. The minimum Gasteiger partial charge on any atom is -0.396 e. The van der Waals surface area contributed by atoms with Gasteiger partial charge in [-0.1, -0.05) is 11.6 Å². The number of aliphatic hydroxyl groups excluding tert-OH is 1. The Labute approximate surface area is 111 Å². The molecule has 0 amide bonds. The molecule has 0 aliphatic heterocycles. The molecule has 2 N–H and O–H groups in total. The molecule has 0 spiro atoms. The van der Waals surface area contributed by atoms with Gasteiger partial charge in [0.05, 0.1) is 9.92 Å². The van der Waals surface area contributed by atoms with E-state index in [0.717, 1.165) is 24.6 Å².